The van der Waals surface area contributed by atoms with Crippen LogP contribution in [0.25, 0.3) is 0 Å². The van der Waals surface area contributed by atoms with Gasteiger partial charge < -0.3 is 10.1 Å². The fourth-order valence-electron chi connectivity index (χ4n) is 1.05. The largest absolute Gasteiger partial charge is 0.494 e. The maximum absolute atomic E-state index is 5.40. The van der Waals surface area contributed by atoms with Gasteiger partial charge in [-0.3, -0.25) is 7.05 Å². The Kier molecular flexibility index (Phi) is 3.61. The zero-order chi connectivity index (χ0) is 8.81. The van der Waals surface area contributed by atoms with Crippen molar-refractivity contribution in [3.05, 3.63) is 36.9 Å². The van der Waals surface area contributed by atoms with Crippen LogP contribution in [0.1, 0.15) is 12.5 Å². The van der Waals surface area contributed by atoms with Gasteiger partial charge in [-0.2, -0.15) is 0 Å². The van der Waals surface area contributed by atoms with Gasteiger partial charge in [0.25, 0.3) is 0 Å². The van der Waals surface area contributed by atoms with Crippen LogP contribution in [0.4, 0.5) is 0 Å². The summed E-state index contributed by atoms with van der Waals surface area (Å²) in [5, 5.41) is 3.82. The van der Waals surface area contributed by atoms with Crippen LogP contribution in [-0.2, 0) is 6.54 Å². The highest BCUT2D eigenvalue weighted by Crippen LogP contribution is 2.17. The van der Waals surface area contributed by atoms with Gasteiger partial charge in [0.05, 0.1) is 6.61 Å². The van der Waals surface area contributed by atoms with Crippen molar-refractivity contribution < 1.29 is 4.74 Å². The van der Waals surface area contributed by atoms with E-state index in [1.807, 2.05) is 31.2 Å². The topological polar surface area (TPSA) is 23.3 Å². The standard InChI is InChI=1S/C10H13NO/c1-3-12-10-7-5-4-6-9(10)8-11-2/h4-7H,2-3,8H2,1H3/q-1. The van der Waals surface area contributed by atoms with E-state index < -0.39 is 0 Å². The molecule has 0 N–H and O–H groups in total. The molecular formula is C10H13NO-. The molecule has 0 spiro atoms. The summed E-state index contributed by atoms with van der Waals surface area (Å²) in [6.45, 7) is 3.28. The number of nitrogens with zero attached hydrogens (tertiary/aromatic N) is 1. The fraction of sp³-hybridized carbons (Fsp3) is 0.300. The van der Waals surface area contributed by atoms with Crippen LogP contribution in [-0.4, -0.2) is 6.61 Å². The highest BCUT2D eigenvalue weighted by atomic mass is 16.5. The molecule has 0 unspecified atom stereocenters. The van der Waals surface area contributed by atoms with Gasteiger partial charge >= 0.3 is 0 Å². The van der Waals surface area contributed by atoms with Crippen LogP contribution < -0.4 is 10.1 Å². The van der Waals surface area contributed by atoms with Crippen molar-refractivity contribution in [1.82, 2.24) is 5.32 Å². The number of hydrogen-bond acceptors (Lipinski definition) is 1. The van der Waals surface area contributed by atoms with Crippen molar-refractivity contribution in [2.75, 3.05) is 6.61 Å². The van der Waals surface area contributed by atoms with E-state index in [9.17, 15) is 0 Å². The van der Waals surface area contributed by atoms with Gasteiger partial charge in [-0.05, 0) is 13.0 Å². The molecule has 1 aromatic carbocycles. The van der Waals surface area contributed by atoms with Gasteiger partial charge in [0, 0.05) is 12.1 Å². The lowest BCUT2D eigenvalue weighted by Crippen LogP contribution is -2.00. The zero-order valence-electron chi connectivity index (χ0n) is 7.29. The molecule has 0 heterocycles. The lowest BCUT2D eigenvalue weighted by Gasteiger charge is -2.09. The van der Waals surface area contributed by atoms with Crippen molar-refractivity contribution in [3.8, 4) is 5.75 Å². The second kappa shape index (κ2) is 4.78. The lowest BCUT2D eigenvalue weighted by atomic mass is 10.2. The Hall–Kier alpha value is -1.02. The van der Waals surface area contributed by atoms with Crippen LogP contribution in [0.15, 0.2) is 24.3 Å². The highest BCUT2D eigenvalue weighted by molar-refractivity contribution is 5.33. The molecule has 0 atom stereocenters. The highest BCUT2D eigenvalue weighted by Gasteiger charge is 1.98. The van der Waals surface area contributed by atoms with E-state index in [0.29, 0.717) is 13.2 Å². The summed E-state index contributed by atoms with van der Waals surface area (Å²) in [6, 6.07) is 7.88. The minimum absolute atomic E-state index is 0.621. The molecule has 1 aromatic rings. The summed E-state index contributed by atoms with van der Waals surface area (Å²) < 4.78 is 5.40. The van der Waals surface area contributed by atoms with Crippen molar-refractivity contribution in [1.29, 1.82) is 0 Å². The van der Waals surface area contributed by atoms with Gasteiger partial charge in [-0.25, -0.2) is 0 Å². The quantitative estimate of drug-likeness (QED) is 0.622. The average molecular weight is 163 g/mol. The first kappa shape index (κ1) is 9.07. The van der Waals surface area contributed by atoms with Crippen molar-refractivity contribution in [2.45, 2.75) is 13.5 Å². The maximum atomic E-state index is 5.40. The summed E-state index contributed by atoms with van der Waals surface area (Å²) in [5.74, 6) is 0.910. The SMILES string of the molecule is [CH2-][N]Cc1ccccc1OCC. The minimum atomic E-state index is 0.621. The molecule has 0 saturated heterocycles. The smallest absolute Gasteiger partial charge is 0.123 e. The van der Waals surface area contributed by atoms with Crippen LogP contribution in [0, 0.1) is 7.05 Å². The second-order valence-electron chi connectivity index (χ2n) is 2.42. The Balaban J connectivity index is 2.77. The first-order valence-electron chi connectivity index (χ1n) is 4.01. The second-order valence-corrected chi connectivity index (χ2v) is 2.42. The summed E-state index contributed by atoms with van der Waals surface area (Å²) in [4.78, 5) is 0. The summed E-state index contributed by atoms with van der Waals surface area (Å²) in [7, 11) is 3.45. The Labute approximate surface area is 73.6 Å². The molecular weight excluding hydrogens is 150 g/mol. The molecule has 0 fully saturated rings. The first-order valence-corrected chi connectivity index (χ1v) is 4.01. The van der Waals surface area contributed by atoms with E-state index in [1.165, 1.54) is 0 Å². The zero-order valence-corrected chi connectivity index (χ0v) is 7.29. The average Bonchev–Trinajstić information content (AvgIpc) is 2.09. The Bertz CT molecular complexity index is 210. The Morgan fingerprint density at radius 2 is 2.17 bits per heavy atom. The molecule has 0 aromatic heterocycles. The van der Waals surface area contributed by atoms with E-state index in [-0.39, 0.29) is 0 Å². The maximum Gasteiger partial charge on any atom is 0.123 e. The van der Waals surface area contributed by atoms with Gasteiger partial charge in [0.15, 0.2) is 0 Å². The van der Waals surface area contributed by atoms with Crippen LogP contribution in [0.2, 0.25) is 0 Å². The first-order chi connectivity index (χ1) is 5.88. The molecule has 65 valence electrons. The predicted molar refractivity (Wildman–Crippen MR) is 48.8 cm³/mol. The van der Waals surface area contributed by atoms with E-state index in [2.05, 4.69) is 12.4 Å². The van der Waals surface area contributed by atoms with Crippen LogP contribution >= 0.6 is 0 Å². The summed E-state index contributed by atoms with van der Waals surface area (Å²) in [6.07, 6.45) is 0. The third-order valence-electron chi connectivity index (χ3n) is 1.55. The van der Waals surface area contributed by atoms with Gasteiger partial charge in [-0.1, -0.05) is 18.2 Å². The normalized spacial score (nSPS) is 9.83. The van der Waals surface area contributed by atoms with Crippen LogP contribution in [0.3, 0.4) is 0 Å². The lowest BCUT2D eigenvalue weighted by molar-refractivity contribution is 0.336. The van der Waals surface area contributed by atoms with E-state index in [0.717, 1.165) is 11.3 Å². The predicted octanol–water partition coefficient (Wildman–Crippen LogP) is 1.98. The molecule has 12 heavy (non-hydrogen) atoms. The van der Waals surface area contributed by atoms with Gasteiger partial charge in [0.2, 0.25) is 0 Å². The molecule has 1 rings (SSSR count). The number of rotatable bonds is 4. The minimum Gasteiger partial charge on any atom is -0.494 e. The van der Waals surface area contributed by atoms with Crippen LogP contribution in [0.5, 0.6) is 5.75 Å². The summed E-state index contributed by atoms with van der Waals surface area (Å²) >= 11 is 0. The monoisotopic (exact) mass is 163 g/mol. The number of ether oxygens (including phenoxy) is 1. The van der Waals surface area contributed by atoms with E-state index >= 15 is 0 Å². The van der Waals surface area contributed by atoms with Gasteiger partial charge in [-0.15, -0.1) is 0 Å². The molecule has 0 aliphatic carbocycles. The Morgan fingerprint density at radius 1 is 1.42 bits per heavy atom. The third-order valence-corrected chi connectivity index (χ3v) is 1.55. The molecule has 2 heteroatoms. The third kappa shape index (κ3) is 2.24. The van der Waals surface area contributed by atoms with Crippen molar-refractivity contribution in [3.63, 3.8) is 0 Å². The molecule has 2 nitrogen and oxygen atoms in total. The molecule has 0 saturated carbocycles. The van der Waals surface area contributed by atoms with Crippen molar-refractivity contribution in [2.24, 2.45) is 0 Å². The number of para-hydroxylation sites is 1. The van der Waals surface area contributed by atoms with Crippen molar-refractivity contribution >= 4 is 0 Å². The molecule has 1 radical (unpaired) electrons. The molecule has 0 bridgehead atoms. The summed E-state index contributed by atoms with van der Waals surface area (Å²) in [5.41, 5.74) is 1.09. The Morgan fingerprint density at radius 3 is 2.83 bits per heavy atom. The molecule has 0 amide bonds. The fourth-order valence-corrected chi connectivity index (χ4v) is 1.05. The van der Waals surface area contributed by atoms with E-state index in [4.69, 9.17) is 4.74 Å². The van der Waals surface area contributed by atoms with E-state index in [1.54, 1.807) is 0 Å². The number of hydrogen-bond donors (Lipinski definition) is 0. The molecule has 0 aliphatic heterocycles. The number of benzene rings is 1. The molecule has 0 aliphatic rings. The van der Waals surface area contributed by atoms with Gasteiger partial charge in [0.1, 0.15) is 5.75 Å².